The summed E-state index contributed by atoms with van der Waals surface area (Å²) >= 11 is 3.48. The number of aryl methyl sites for hydroxylation is 1. The molecule has 102 valence electrons. The molecule has 1 heterocycles. The lowest BCUT2D eigenvalue weighted by Crippen LogP contribution is -2.22. The zero-order valence-corrected chi connectivity index (χ0v) is 13.4. The Balaban J connectivity index is 2.01. The van der Waals surface area contributed by atoms with Crippen LogP contribution in [-0.4, -0.2) is 11.2 Å². The number of thiazole rings is 1. The van der Waals surface area contributed by atoms with E-state index in [1.54, 1.807) is 23.1 Å². The van der Waals surface area contributed by atoms with Gasteiger partial charge in [0, 0.05) is 22.4 Å². The molecule has 2 aromatic rings. The van der Waals surface area contributed by atoms with E-state index in [1.807, 2.05) is 6.92 Å². The van der Waals surface area contributed by atoms with Crippen molar-refractivity contribution in [1.29, 1.82) is 0 Å². The topological polar surface area (TPSA) is 24.9 Å². The lowest BCUT2D eigenvalue weighted by Gasteiger charge is -2.19. The number of thioether (sulfide) groups is 1. The number of nitrogens with one attached hydrogen (secondary N) is 1. The third kappa shape index (κ3) is 3.81. The van der Waals surface area contributed by atoms with E-state index in [0.717, 1.165) is 10.7 Å². The first kappa shape index (κ1) is 14.6. The summed E-state index contributed by atoms with van der Waals surface area (Å²) in [6, 6.07) is 9.35. The van der Waals surface area contributed by atoms with Crippen LogP contribution in [0, 0.1) is 6.92 Å². The van der Waals surface area contributed by atoms with Crippen molar-refractivity contribution in [3.8, 4) is 0 Å². The fourth-order valence-electron chi connectivity index (χ4n) is 2.03. The van der Waals surface area contributed by atoms with Crippen molar-refractivity contribution in [2.24, 2.45) is 0 Å². The van der Waals surface area contributed by atoms with Crippen LogP contribution in [0.5, 0.6) is 0 Å². The van der Waals surface area contributed by atoms with Crippen LogP contribution in [0.3, 0.4) is 0 Å². The Hall–Kier alpha value is -0.840. The summed E-state index contributed by atoms with van der Waals surface area (Å²) in [6.45, 7) is 6.41. The van der Waals surface area contributed by atoms with Gasteiger partial charge in [-0.25, -0.2) is 4.98 Å². The van der Waals surface area contributed by atoms with Gasteiger partial charge < -0.3 is 5.32 Å². The van der Waals surface area contributed by atoms with E-state index in [4.69, 9.17) is 0 Å². The van der Waals surface area contributed by atoms with Crippen molar-refractivity contribution < 1.29 is 0 Å². The molecule has 0 bridgehead atoms. The Morgan fingerprint density at radius 1 is 1.16 bits per heavy atom. The standard InChI is InChI=1S/C15H20N2S2/c1-10(13-5-7-14(18-4)8-6-13)16-11(2)15-9-19-12(3)17-15/h5-11,16H,1-4H3. The lowest BCUT2D eigenvalue weighted by molar-refractivity contribution is 0.487. The van der Waals surface area contributed by atoms with Gasteiger partial charge in [-0.3, -0.25) is 0 Å². The predicted molar refractivity (Wildman–Crippen MR) is 85.0 cm³/mol. The molecular formula is C15H20N2S2. The minimum absolute atomic E-state index is 0.278. The van der Waals surface area contributed by atoms with Crippen LogP contribution in [0.4, 0.5) is 0 Å². The quantitative estimate of drug-likeness (QED) is 0.816. The van der Waals surface area contributed by atoms with Gasteiger partial charge in [0.25, 0.3) is 0 Å². The molecule has 4 heteroatoms. The van der Waals surface area contributed by atoms with Gasteiger partial charge in [0.15, 0.2) is 0 Å². The van der Waals surface area contributed by atoms with Crippen molar-refractivity contribution in [1.82, 2.24) is 10.3 Å². The molecule has 2 rings (SSSR count). The lowest BCUT2D eigenvalue weighted by atomic mass is 10.1. The zero-order valence-electron chi connectivity index (χ0n) is 11.8. The second-order valence-electron chi connectivity index (χ2n) is 4.67. The summed E-state index contributed by atoms with van der Waals surface area (Å²) in [7, 11) is 0. The Labute approximate surface area is 123 Å². The van der Waals surface area contributed by atoms with Crippen LogP contribution in [-0.2, 0) is 0 Å². The van der Waals surface area contributed by atoms with Gasteiger partial charge in [-0.2, -0.15) is 0 Å². The summed E-state index contributed by atoms with van der Waals surface area (Å²) in [5, 5.41) is 6.86. The van der Waals surface area contributed by atoms with Gasteiger partial charge in [-0.1, -0.05) is 12.1 Å². The van der Waals surface area contributed by atoms with E-state index in [0.29, 0.717) is 6.04 Å². The smallest absolute Gasteiger partial charge is 0.0898 e. The highest BCUT2D eigenvalue weighted by Gasteiger charge is 2.13. The Morgan fingerprint density at radius 2 is 1.84 bits per heavy atom. The molecular weight excluding hydrogens is 272 g/mol. The van der Waals surface area contributed by atoms with Gasteiger partial charge in [-0.05, 0) is 44.7 Å². The van der Waals surface area contributed by atoms with Crippen molar-refractivity contribution in [2.45, 2.75) is 37.8 Å². The largest absolute Gasteiger partial charge is 0.302 e. The van der Waals surface area contributed by atoms with Crippen LogP contribution in [0.1, 0.15) is 42.2 Å². The van der Waals surface area contributed by atoms with Crippen molar-refractivity contribution >= 4 is 23.1 Å². The molecule has 2 atom stereocenters. The van der Waals surface area contributed by atoms with Crippen LogP contribution < -0.4 is 5.32 Å². The summed E-state index contributed by atoms with van der Waals surface area (Å²) in [5.74, 6) is 0. The zero-order chi connectivity index (χ0) is 13.8. The van der Waals surface area contributed by atoms with Crippen molar-refractivity contribution in [2.75, 3.05) is 6.26 Å². The molecule has 1 N–H and O–H groups in total. The van der Waals surface area contributed by atoms with Gasteiger partial charge in [-0.15, -0.1) is 23.1 Å². The van der Waals surface area contributed by atoms with E-state index in [9.17, 15) is 0 Å². The van der Waals surface area contributed by atoms with Crippen LogP contribution in [0.15, 0.2) is 34.5 Å². The third-order valence-corrected chi connectivity index (χ3v) is 4.73. The molecule has 0 saturated heterocycles. The molecule has 0 fully saturated rings. The average molecular weight is 292 g/mol. The molecule has 0 amide bonds. The number of hydrogen-bond acceptors (Lipinski definition) is 4. The number of hydrogen-bond donors (Lipinski definition) is 1. The van der Waals surface area contributed by atoms with Crippen LogP contribution >= 0.6 is 23.1 Å². The SMILES string of the molecule is CSc1ccc(C(C)NC(C)c2csc(C)n2)cc1. The maximum atomic E-state index is 4.54. The molecule has 1 aromatic heterocycles. The van der Waals surface area contributed by atoms with E-state index in [-0.39, 0.29) is 6.04 Å². The monoisotopic (exact) mass is 292 g/mol. The molecule has 19 heavy (non-hydrogen) atoms. The van der Waals surface area contributed by atoms with Crippen LogP contribution in [0.25, 0.3) is 0 Å². The Morgan fingerprint density at radius 3 is 2.37 bits per heavy atom. The Kier molecular flexibility index (Phi) is 5.02. The fraction of sp³-hybridized carbons (Fsp3) is 0.400. The van der Waals surface area contributed by atoms with Gasteiger partial charge in [0.05, 0.1) is 10.7 Å². The second kappa shape index (κ2) is 6.55. The summed E-state index contributed by atoms with van der Waals surface area (Å²) < 4.78 is 0. The number of aromatic nitrogens is 1. The molecule has 0 radical (unpaired) electrons. The molecule has 0 spiro atoms. The molecule has 0 aliphatic carbocycles. The summed E-state index contributed by atoms with van der Waals surface area (Å²) in [6.07, 6.45) is 2.10. The third-order valence-electron chi connectivity index (χ3n) is 3.20. The van der Waals surface area contributed by atoms with E-state index in [2.05, 4.69) is 60.0 Å². The van der Waals surface area contributed by atoms with Gasteiger partial charge >= 0.3 is 0 Å². The number of nitrogens with zero attached hydrogens (tertiary/aromatic N) is 1. The minimum atomic E-state index is 0.278. The predicted octanol–water partition coefficient (Wildman–Crippen LogP) is 4.59. The molecule has 0 aliphatic rings. The number of rotatable bonds is 5. The number of benzene rings is 1. The first-order valence-corrected chi connectivity index (χ1v) is 8.52. The van der Waals surface area contributed by atoms with E-state index < -0.39 is 0 Å². The van der Waals surface area contributed by atoms with E-state index in [1.165, 1.54) is 10.5 Å². The van der Waals surface area contributed by atoms with Crippen molar-refractivity contribution in [3.05, 3.63) is 45.9 Å². The first-order chi connectivity index (χ1) is 9.10. The first-order valence-electron chi connectivity index (χ1n) is 6.42. The average Bonchev–Trinajstić information content (AvgIpc) is 2.85. The highest BCUT2D eigenvalue weighted by Crippen LogP contribution is 2.22. The highest BCUT2D eigenvalue weighted by atomic mass is 32.2. The van der Waals surface area contributed by atoms with E-state index >= 15 is 0 Å². The van der Waals surface area contributed by atoms with Gasteiger partial charge in [0.2, 0.25) is 0 Å². The minimum Gasteiger partial charge on any atom is -0.302 e. The highest BCUT2D eigenvalue weighted by molar-refractivity contribution is 7.98. The van der Waals surface area contributed by atoms with Gasteiger partial charge in [0.1, 0.15) is 0 Å². The second-order valence-corrected chi connectivity index (χ2v) is 6.62. The normalized spacial score (nSPS) is 14.3. The molecule has 1 aromatic carbocycles. The molecule has 2 nitrogen and oxygen atoms in total. The Bertz CT molecular complexity index is 519. The summed E-state index contributed by atoms with van der Waals surface area (Å²) in [4.78, 5) is 5.84. The van der Waals surface area contributed by atoms with Crippen molar-refractivity contribution in [3.63, 3.8) is 0 Å². The maximum absolute atomic E-state index is 4.54. The molecule has 0 aliphatic heterocycles. The maximum Gasteiger partial charge on any atom is 0.0898 e. The van der Waals surface area contributed by atoms with Crippen LogP contribution in [0.2, 0.25) is 0 Å². The summed E-state index contributed by atoms with van der Waals surface area (Å²) in [5.41, 5.74) is 2.45. The molecule has 0 saturated carbocycles. The fourth-order valence-corrected chi connectivity index (χ4v) is 3.14. The molecule has 2 unspecified atom stereocenters.